The lowest BCUT2D eigenvalue weighted by atomic mass is 9.96. The minimum atomic E-state index is 0.444. The summed E-state index contributed by atoms with van der Waals surface area (Å²) in [5, 5.41) is 3.08. The van der Waals surface area contributed by atoms with Crippen LogP contribution in [-0.4, -0.2) is 17.0 Å². The smallest absolute Gasteiger partial charge is 0.147 e. The van der Waals surface area contributed by atoms with Gasteiger partial charge in [-0.3, -0.25) is 4.98 Å². The second kappa shape index (κ2) is 5.43. The van der Waals surface area contributed by atoms with Crippen LogP contribution in [0.3, 0.4) is 0 Å². The normalized spacial score (nSPS) is 12.1. The predicted octanol–water partition coefficient (Wildman–Crippen LogP) is 2.86. The van der Waals surface area contributed by atoms with Gasteiger partial charge in [0.1, 0.15) is 5.82 Å². The molecule has 0 aliphatic heterocycles. The number of anilines is 1. The van der Waals surface area contributed by atoms with Gasteiger partial charge in [0.05, 0.1) is 5.69 Å². The fourth-order valence-corrected chi connectivity index (χ4v) is 1.91. The SMILES string of the molecule is CNc1nccnc1CC(C)c1ccccc1. The predicted molar refractivity (Wildman–Crippen MR) is 70.1 cm³/mol. The van der Waals surface area contributed by atoms with Gasteiger partial charge < -0.3 is 5.32 Å². The molecule has 1 aromatic heterocycles. The first-order valence-electron chi connectivity index (χ1n) is 5.84. The minimum Gasteiger partial charge on any atom is -0.372 e. The molecule has 1 atom stereocenters. The summed E-state index contributed by atoms with van der Waals surface area (Å²) in [6.45, 7) is 2.21. The largest absolute Gasteiger partial charge is 0.372 e. The van der Waals surface area contributed by atoms with Crippen LogP contribution in [-0.2, 0) is 6.42 Å². The zero-order chi connectivity index (χ0) is 12.1. The summed E-state index contributed by atoms with van der Waals surface area (Å²) in [6.07, 6.45) is 4.35. The van der Waals surface area contributed by atoms with Crippen LogP contribution in [0, 0.1) is 0 Å². The number of nitrogens with one attached hydrogen (secondary N) is 1. The topological polar surface area (TPSA) is 37.8 Å². The van der Waals surface area contributed by atoms with Gasteiger partial charge in [0.15, 0.2) is 0 Å². The van der Waals surface area contributed by atoms with Gasteiger partial charge in [-0.05, 0) is 17.9 Å². The lowest BCUT2D eigenvalue weighted by Crippen LogP contribution is -2.05. The van der Waals surface area contributed by atoms with Gasteiger partial charge in [0.25, 0.3) is 0 Å². The minimum absolute atomic E-state index is 0.444. The fraction of sp³-hybridized carbons (Fsp3) is 0.286. The highest BCUT2D eigenvalue weighted by atomic mass is 15.0. The van der Waals surface area contributed by atoms with Gasteiger partial charge in [-0.15, -0.1) is 0 Å². The average Bonchev–Trinajstić information content (AvgIpc) is 2.40. The maximum atomic E-state index is 4.39. The van der Waals surface area contributed by atoms with Crippen molar-refractivity contribution in [3.63, 3.8) is 0 Å². The van der Waals surface area contributed by atoms with Gasteiger partial charge in [-0.25, -0.2) is 4.98 Å². The molecular weight excluding hydrogens is 210 g/mol. The fourth-order valence-electron chi connectivity index (χ4n) is 1.91. The summed E-state index contributed by atoms with van der Waals surface area (Å²) in [7, 11) is 1.88. The maximum Gasteiger partial charge on any atom is 0.147 e. The average molecular weight is 227 g/mol. The quantitative estimate of drug-likeness (QED) is 0.872. The summed E-state index contributed by atoms with van der Waals surface area (Å²) >= 11 is 0. The van der Waals surface area contributed by atoms with Crippen molar-refractivity contribution in [1.29, 1.82) is 0 Å². The van der Waals surface area contributed by atoms with Crippen molar-refractivity contribution in [3.05, 3.63) is 54.0 Å². The molecule has 88 valence electrons. The Morgan fingerprint density at radius 2 is 1.82 bits per heavy atom. The molecule has 0 radical (unpaired) electrons. The van der Waals surface area contributed by atoms with Gasteiger partial charge >= 0.3 is 0 Å². The van der Waals surface area contributed by atoms with Crippen LogP contribution in [0.5, 0.6) is 0 Å². The van der Waals surface area contributed by atoms with Crippen LogP contribution in [0.1, 0.15) is 24.1 Å². The molecule has 3 heteroatoms. The van der Waals surface area contributed by atoms with Crippen molar-refractivity contribution in [2.75, 3.05) is 12.4 Å². The number of hydrogen-bond acceptors (Lipinski definition) is 3. The molecule has 2 rings (SSSR count). The van der Waals surface area contributed by atoms with E-state index in [0.717, 1.165) is 17.9 Å². The van der Waals surface area contributed by atoms with Crippen LogP contribution < -0.4 is 5.32 Å². The molecule has 0 amide bonds. The summed E-state index contributed by atoms with van der Waals surface area (Å²) in [6, 6.07) is 10.5. The molecule has 1 N–H and O–H groups in total. The Morgan fingerprint density at radius 3 is 2.53 bits per heavy atom. The number of nitrogens with zero attached hydrogens (tertiary/aromatic N) is 2. The number of benzene rings is 1. The lowest BCUT2D eigenvalue weighted by Gasteiger charge is -2.13. The van der Waals surface area contributed by atoms with Crippen LogP contribution in [0.4, 0.5) is 5.82 Å². The van der Waals surface area contributed by atoms with Crippen molar-refractivity contribution >= 4 is 5.82 Å². The Balaban J connectivity index is 2.16. The van der Waals surface area contributed by atoms with Crippen LogP contribution in [0.25, 0.3) is 0 Å². The Hall–Kier alpha value is -1.90. The van der Waals surface area contributed by atoms with Crippen LogP contribution in [0.2, 0.25) is 0 Å². The van der Waals surface area contributed by atoms with Gasteiger partial charge in [0.2, 0.25) is 0 Å². The molecule has 1 unspecified atom stereocenters. The Morgan fingerprint density at radius 1 is 1.12 bits per heavy atom. The molecule has 0 aliphatic rings. The van der Waals surface area contributed by atoms with E-state index in [2.05, 4.69) is 46.5 Å². The van der Waals surface area contributed by atoms with E-state index in [1.807, 2.05) is 13.1 Å². The molecule has 0 spiro atoms. The monoisotopic (exact) mass is 227 g/mol. The number of hydrogen-bond donors (Lipinski definition) is 1. The first-order chi connectivity index (χ1) is 8.31. The number of rotatable bonds is 4. The van der Waals surface area contributed by atoms with E-state index in [1.165, 1.54) is 5.56 Å². The van der Waals surface area contributed by atoms with E-state index in [4.69, 9.17) is 0 Å². The standard InChI is InChI=1S/C14H17N3/c1-11(12-6-4-3-5-7-12)10-13-14(15-2)17-9-8-16-13/h3-9,11H,10H2,1-2H3,(H,15,17). The molecule has 0 saturated carbocycles. The van der Waals surface area contributed by atoms with Crippen molar-refractivity contribution in [3.8, 4) is 0 Å². The third-order valence-electron chi connectivity index (χ3n) is 2.88. The van der Waals surface area contributed by atoms with Crippen molar-refractivity contribution in [2.45, 2.75) is 19.3 Å². The molecule has 1 heterocycles. The second-order valence-corrected chi connectivity index (χ2v) is 4.12. The molecule has 17 heavy (non-hydrogen) atoms. The first kappa shape index (κ1) is 11.6. The third-order valence-corrected chi connectivity index (χ3v) is 2.88. The zero-order valence-electron chi connectivity index (χ0n) is 10.2. The maximum absolute atomic E-state index is 4.39. The van der Waals surface area contributed by atoms with E-state index in [9.17, 15) is 0 Å². The molecule has 0 aliphatic carbocycles. The molecule has 3 nitrogen and oxygen atoms in total. The summed E-state index contributed by atoms with van der Waals surface area (Å²) in [4.78, 5) is 8.66. The zero-order valence-corrected chi connectivity index (χ0v) is 10.2. The first-order valence-corrected chi connectivity index (χ1v) is 5.84. The molecular formula is C14H17N3. The molecule has 0 fully saturated rings. The van der Waals surface area contributed by atoms with E-state index in [-0.39, 0.29) is 0 Å². The van der Waals surface area contributed by atoms with E-state index in [0.29, 0.717) is 5.92 Å². The van der Waals surface area contributed by atoms with Gasteiger partial charge in [-0.2, -0.15) is 0 Å². The Kier molecular flexibility index (Phi) is 3.70. The highest BCUT2D eigenvalue weighted by molar-refractivity contribution is 5.39. The lowest BCUT2D eigenvalue weighted by molar-refractivity contribution is 0.738. The second-order valence-electron chi connectivity index (χ2n) is 4.12. The number of aromatic nitrogens is 2. The van der Waals surface area contributed by atoms with Crippen LogP contribution in [0.15, 0.2) is 42.7 Å². The summed E-state index contributed by atoms with van der Waals surface area (Å²) in [5.41, 5.74) is 2.35. The summed E-state index contributed by atoms with van der Waals surface area (Å²) < 4.78 is 0. The van der Waals surface area contributed by atoms with Gasteiger partial charge in [0, 0.05) is 19.4 Å². The third kappa shape index (κ3) is 2.81. The molecule has 2 aromatic rings. The van der Waals surface area contributed by atoms with E-state index < -0.39 is 0 Å². The highest BCUT2D eigenvalue weighted by Crippen LogP contribution is 2.21. The van der Waals surface area contributed by atoms with Crippen molar-refractivity contribution in [1.82, 2.24) is 9.97 Å². The Bertz CT molecular complexity index is 468. The van der Waals surface area contributed by atoms with E-state index >= 15 is 0 Å². The summed E-state index contributed by atoms with van der Waals surface area (Å²) in [5.74, 6) is 1.32. The molecule has 0 saturated heterocycles. The van der Waals surface area contributed by atoms with Gasteiger partial charge in [-0.1, -0.05) is 37.3 Å². The van der Waals surface area contributed by atoms with Crippen molar-refractivity contribution < 1.29 is 0 Å². The van der Waals surface area contributed by atoms with E-state index in [1.54, 1.807) is 12.4 Å². The highest BCUT2D eigenvalue weighted by Gasteiger charge is 2.10. The van der Waals surface area contributed by atoms with Crippen LogP contribution >= 0.6 is 0 Å². The molecule has 0 bridgehead atoms. The molecule has 1 aromatic carbocycles. The van der Waals surface area contributed by atoms with Crippen molar-refractivity contribution in [2.24, 2.45) is 0 Å². The Labute approximate surface area is 102 Å².